The number of ether oxygens (including phenoxy) is 4. The van der Waals surface area contributed by atoms with Crippen LogP contribution in [0.5, 0.6) is 11.5 Å². The molecule has 0 aliphatic heterocycles. The van der Waals surface area contributed by atoms with Crippen LogP contribution < -0.4 is 41.0 Å². The monoisotopic (exact) mass is 1170 g/mol. The number of nitrogens with zero attached hydrogens (tertiary/aromatic N) is 10. The molecule has 21 heteroatoms. The maximum atomic E-state index is 12.3. The van der Waals surface area contributed by atoms with Crippen molar-refractivity contribution in [2.24, 2.45) is 14.1 Å². The van der Waals surface area contributed by atoms with Crippen molar-refractivity contribution in [1.82, 2.24) is 38.9 Å². The molecule has 4 heterocycles. The number of likely N-dealkylation sites (N-methyl/N-ethyl adjacent to an activating group) is 4. The fourth-order valence-electron chi connectivity index (χ4n) is 8.69. The highest BCUT2D eigenvalue weighted by atomic mass is 35.5. The smallest absolute Gasteiger partial charge is 0.247 e. The van der Waals surface area contributed by atoms with Gasteiger partial charge in [-0.1, -0.05) is 70.8 Å². The summed E-state index contributed by atoms with van der Waals surface area (Å²) in [4.78, 5) is 48.9. The van der Waals surface area contributed by atoms with Gasteiger partial charge >= 0.3 is 0 Å². The van der Waals surface area contributed by atoms with E-state index in [1.54, 1.807) is 47.8 Å². The largest absolute Gasteiger partial charge is 0.494 e. The van der Waals surface area contributed by atoms with Crippen molar-refractivity contribution in [2.75, 3.05) is 141 Å². The van der Waals surface area contributed by atoms with Gasteiger partial charge in [0.15, 0.2) is 0 Å². The number of para-hydroxylation sites is 2. The van der Waals surface area contributed by atoms with E-state index in [0.29, 0.717) is 66.3 Å². The highest BCUT2D eigenvalue weighted by Gasteiger charge is 2.19. The lowest BCUT2D eigenvalue weighted by Gasteiger charge is -2.26. The van der Waals surface area contributed by atoms with E-state index in [9.17, 15) is 9.59 Å². The van der Waals surface area contributed by atoms with Crippen LogP contribution in [0.25, 0.3) is 44.3 Å². The Kier molecular flexibility index (Phi) is 27.0. The molecule has 0 aliphatic rings. The van der Waals surface area contributed by atoms with Crippen LogP contribution >= 0.6 is 11.6 Å². The normalized spacial score (nSPS) is 10.7. The van der Waals surface area contributed by atoms with Gasteiger partial charge in [0.25, 0.3) is 0 Å². The molecule has 0 bridgehead atoms. The highest BCUT2D eigenvalue weighted by Crippen LogP contribution is 2.40. The molecule has 84 heavy (non-hydrogen) atoms. The van der Waals surface area contributed by atoms with Gasteiger partial charge < -0.3 is 69.4 Å². The van der Waals surface area contributed by atoms with Crippen molar-refractivity contribution in [3.8, 4) is 34.0 Å². The first-order valence-electron chi connectivity index (χ1n) is 27.4. The Labute approximate surface area is 502 Å². The number of nitrogens with two attached hydrogens (primary N) is 1. The number of nitrogen functional groups attached to an aromatic ring is 1. The van der Waals surface area contributed by atoms with Gasteiger partial charge in [0.2, 0.25) is 23.0 Å². The number of allylic oxidation sites excluding steroid dienone is 1. The number of hydrogen-bond acceptors (Lipinski definition) is 17. The predicted octanol–water partition coefficient (Wildman–Crippen LogP) is 11.1. The van der Waals surface area contributed by atoms with Gasteiger partial charge in [-0.05, 0) is 74.2 Å². The Bertz CT molecular complexity index is 3430. The van der Waals surface area contributed by atoms with Crippen molar-refractivity contribution in [2.45, 2.75) is 21.3 Å². The number of benzene rings is 4. The summed E-state index contributed by atoms with van der Waals surface area (Å²) in [6.45, 7) is 15.3. The van der Waals surface area contributed by atoms with Crippen molar-refractivity contribution in [1.29, 1.82) is 0 Å². The number of hydrogen-bond donors (Lipinski definition) is 4. The van der Waals surface area contributed by atoms with Gasteiger partial charge in [-0.3, -0.25) is 9.59 Å². The first-order valence-corrected chi connectivity index (χ1v) is 27.1. The first-order chi connectivity index (χ1) is 40.4. The summed E-state index contributed by atoms with van der Waals surface area (Å²) in [7, 11) is 18.9. The second-order valence-electron chi connectivity index (χ2n) is 18.9. The number of anilines is 8. The minimum absolute atomic E-state index is 0. The van der Waals surface area contributed by atoms with Gasteiger partial charge in [0.05, 0.1) is 72.9 Å². The first kappa shape index (κ1) is 66.3. The fourth-order valence-corrected chi connectivity index (χ4v) is 8.69. The number of halogens is 1. The average molecular weight is 1170 g/mol. The molecule has 0 aliphatic carbocycles. The van der Waals surface area contributed by atoms with Crippen molar-refractivity contribution in [3.63, 3.8) is 0 Å². The summed E-state index contributed by atoms with van der Waals surface area (Å²) in [6, 6.07) is 27.8. The summed E-state index contributed by atoms with van der Waals surface area (Å²) in [5.41, 5.74) is 16.7. The van der Waals surface area contributed by atoms with E-state index in [-0.39, 0.29) is 13.3 Å². The summed E-state index contributed by atoms with van der Waals surface area (Å²) >= 11 is 4.71. The van der Waals surface area contributed by atoms with Crippen LogP contribution in [0.3, 0.4) is 0 Å². The zero-order chi connectivity index (χ0) is 61.3. The topological polar surface area (TPSA) is 208 Å². The van der Waals surface area contributed by atoms with E-state index in [1.165, 1.54) is 6.08 Å². The van der Waals surface area contributed by atoms with Crippen LogP contribution in [0, 0.1) is 0 Å². The number of aryl methyl sites for hydroxylation is 2. The maximum absolute atomic E-state index is 12.3. The molecule has 0 saturated carbocycles. The Morgan fingerprint density at radius 3 is 1.51 bits per heavy atom. The minimum atomic E-state index is -0.509. The standard InChI is InChI=1S/C30H37N7O3.C27H35N7O2.C3H3ClO.C2H6.CH4/c1-7-29(38)32-24-18-25(28(40-6)19-27(24)36(3)15-14-35(2)16-17-39-5)34-30-31-13-12-23(33-30)22-20-37(4)26-11-9-8-10-21(22)26;1-32(14-15-35-4)12-13-33(2)25-17-26(36-5)23(16-21(25)28)31-27-29-11-10-22(30-27)20-18-34(3)24-9-7-6-8-19(20)24;1-2-3(4)5;1-2;/h7-13,18-20H,1,14-17H2,2-6H3,(H,32,38)(H,31,33,34);6-11,16-18H,12-15,28H2,1-5H3,(H,29,30,31);2H,1H2;1-2H3;1H4/i;;;1D;. The number of rotatable bonds is 25. The molecular weight excluding hydrogens is 1080 g/mol. The van der Waals surface area contributed by atoms with Crippen LogP contribution in [0.4, 0.5) is 46.0 Å². The molecule has 0 radical (unpaired) electrons. The molecule has 0 spiro atoms. The number of nitrogens with one attached hydrogen (secondary N) is 3. The third-order valence-electron chi connectivity index (χ3n) is 13.2. The molecule has 5 N–H and O–H groups in total. The molecular formula is C63H85ClN14O6. The highest BCUT2D eigenvalue weighted by molar-refractivity contribution is 6.66. The van der Waals surface area contributed by atoms with Crippen LogP contribution in [0.2, 0.25) is 0 Å². The molecule has 20 nitrogen and oxygen atoms in total. The van der Waals surface area contributed by atoms with Crippen LogP contribution in [-0.2, 0) is 33.2 Å². The zero-order valence-electron chi connectivity index (χ0n) is 50.7. The Hall–Kier alpha value is -8.53. The summed E-state index contributed by atoms with van der Waals surface area (Å²) in [5.74, 6) is 1.82. The Morgan fingerprint density at radius 2 is 1.08 bits per heavy atom. The van der Waals surface area contributed by atoms with Gasteiger partial charge in [-0.2, -0.15) is 0 Å². The maximum Gasteiger partial charge on any atom is 0.247 e. The van der Waals surface area contributed by atoms with Crippen LogP contribution in [0.1, 0.15) is 22.6 Å². The average Bonchev–Trinajstić information content (AvgIpc) is 3.50. The lowest BCUT2D eigenvalue weighted by molar-refractivity contribution is -0.112. The quantitative estimate of drug-likeness (QED) is 0.0238. The minimum Gasteiger partial charge on any atom is -0.494 e. The molecule has 8 aromatic rings. The molecule has 4 aromatic carbocycles. The van der Waals surface area contributed by atoms with E-state index < -0.39 is 5.24 Å². The zero-order valence-corrected chi connectivity index (χ0v) is 50.5. The second-order valence-corrected chi connectivity index (χ2v) is 19.3. The Morgan fingerprint density at radius 1 is 0.655 bits per heavy atom. The van der Waals surface area contributed by atoms with E-state index in [2.05, 4.69) is 112 Å². The number of fused-ring (bicyclic) bond motifs is 2. The number of methoxy groups -OCH3 is 4. The predicted molar refractivity (Wildman–Crippen MR) is 348 cm³/mol. The summed E-state index contributed by atoms with van der Waals surface area (Å²) < 4.78 is 32.2. The van der Waals surface area contributed by atoms with E-state index in [0.717, 1.165) is 101 Å². The van der Waals surface area contributed by atoms with E-state index >= 15 is 0 Å². The molecule has 8 rings (SSSR count). The molecule has 0 fully saturated rings. The fraction of sp³-hybridized carbons (Fsp3) is 0.333. The third kappa shape index (κ3) is 18.7. The van der Waals surface area contributed by atoms with E-state index in [4.69, 9.17) is 47.6 Å². The molecule has 1 amide bonds. The number of carbonyl (C=O) groups is 2. The molecule has 0 unspecified atom stereocenters. The van der Waals surface area contributed by atoms with Gasteiger partial charge in [-0.25, -0.2) is 19.9 Å². The second kappa shape index (κ2) is 34.2. The van der Waals surface area contributed by atoms with Crippen molar-refractivity contribution in [3.05, 3.63) is 135 Å². The number of amides is 1. The Balaban J connectivity index is 0.000000321. The molecule has 0 atom stereocenters. The van der Waals surface area contributed by atoms with E-state index in [1.807, 2.05) is 95.9 Å². The van der Waals surface area contributed by atoms with Crippen molar-refractivity contribution < 1.29 is 29.9 Å². The van der Waals surface area contributed by atoms with Gasteiger partial charge in [0.1, 0.15) is 11.5 Å². The van der Waals surface area contributed by atoms with Gasteiger partial charge in [-0.15, -0.1) is 0 Å². The number of carbonyl (C=O) groups excluding carboxylic acids is 2. The molecule has 450 valence electrons. The summed E-state index contributed by atoms with van der Waals surface area (Å²) in [5, 5.41) is 11.3. The number of aromatic nitrogens is 6. The van der Waals surface area contributed by atoms with Gasteiger partial charge in [0, 0.05) is 153 Å². The van der Waals surface area contributed by atoms with Crippen molar-refractivity contribution >= 4 is 90.6 Å². The van der Waals surface area contributed by atoms with Crippen LogP contribution in [0.15, 0.2) is 135 Å². The summed E-state index contributed by atoms with van der Waals surface area (Å²) in [6.07, 6.45) is 9.92. The lowest BCUT2D eigenvalue weighted by Crippen LogP contribution is -2.33. The molecule has 4 aromatic heterocycles. The lowest BCUT2D eigenvalue weighted by atomic mass is 10.1. The molecule has 0 saturated heterocycles. The SMILES string of the molecule is C.C=CC(=O)Cl.C=CC(=O)Nc1cc(Nc2nccc(-c3cn(C)c4ccccc34)n2)c(OC)cc1N(C)CCN(C)CCOC.COCCN(C)CCN(C)c1cc(OC)c(Nc2nccc(-c3cn(C)c4ccccc34)n2)cc1N.[2H]CC. The van der Waals surface area contributed by atoms with Crippen LogP contribution in [-0.4, -0.2) is 159 Å². The third-order valence-corrected chi connectivity index (χ3v) is 13.4.